The molecule has 0 N–H and O–H groups in total. The number of fused-ring (bicyclic) bond motifs is 1. The molecule has 2 aliphatic rings. The van der Waals surface area contributed by atoms with E-state index < -0.39 is 6.10 Å². The lowest BCUT2D eigenvalue weighted by Gasteiger charge is -2.33. The van der Waals surface area contributed by atoms with E-state index in [2.05, 4.69) is 0 Å². The van der Waals surface area contributed by atoms with Gasteiger partial charge in [0.05, 0.1) is 49.2 Å². The van der Waals surface area contributed by atoms with E-state index in [-0.39, 0.29) is 24.5 Å². The predicted molar refractivity (Wildman–Crippen MR) is 115 cm³/mol. The van der Waals surface area contributed by atoms with Crippen LogP contribution in [0.1, 0.15) is 36.0 Å². The van der Waals surface area contributed by atoms with E-state index >= 15 is 0 Å². The van der Waals surface area contributed by atoms with Crippen LogP contribution in [0.15, 0.2) is 30.3 Å². The number of aromatic nitrogens is 1. The van der Waals surface area contributed by atoms with Gasteiger partial charge in [-0.15, -0.1) is 0 Å². The topological polar surface area (TPSA) is 81.2 Å². The number of carbonyl (C=O) groups is 2. The highest BCUT2D eigenvalue weighted by atomic mass is 16.5. The number of rotatable bonds is 5. The van der Waals surface area contributed by atoms with Crippen molar-refractivity contribution in [3.05, 3.63) is 41.6 Å². The summed E-state index contributed by atoms with van der Waals surface area (Å²) in [6.45, 7) is 7.41. The van der Waals surface area contributed by atoms with Gasteiger partial charge in [-0.3, -0.25) is 9.59 Å². The standard InChI is InChI=1S/C23H29N3O5/c1-16(2)31-15-22(27)26-9-12-30-21(14-26)20-13-18(17-5-3-4-6-19(17)24-20)23(28)25-7-10-29-11-8-25/h3-6,13,16,21H,7-12,14-15H2,1-2H3. The average molecular weight is 428 g/mol. The summed E-state index contributed by atoms with van der Waals surface area (Å²) in [6, 6.07) is 9.45. The van der Waals surface area contributed by atoms with Gasteiger partial charge in [-0.2, -0.15) is 0 Å². The van der Waals surface area contributed by atoms with Gasteiger partial charge in [-0.1, -0.05) is 18.2 Å². The molecule has 3 heterocycles. The monoisotopic (exact) mass is 427 g/mol. The zero-order valence-corrected chi connectivity index (χ0v) is 18.1. The van der Waals surface area contributed by atoms with Crippen LogP contribution in [0.5, 0.6) is 0 Å². The fraction of sp³-hybridized carbons (Fsp3) is 0.522. The van der Waals surface area contributed by atoms with Crippen LogP contribution >= 0.6 is 0 Å². The highest BCUT2D eigenvalue weighted by molar-refractivity contribution is 6.06. The Morgan fingerprint density at radius 1 is 1.13 bits per heavy atom. The number of nitrogens with zero attached hydrogens (tertiary/aromatic N) is 3. The molecule has 1 unspecified atom stereocenters. The number of amides is 2. The minimum Gasteiger partial charge on any atom is -0.378 e. The molecule has 1 aromatic heterocycles. The number of pyridine rings is 1. The zero-order valence-electron chi connectivity index (χ0n) is 18.1. The van der Waals surface area contributed by atoms with E-state index in [1.165, 1.54) is 0 Å². The highest BCUT2D eigenvalue weighted by Crippen LogP contribution is 2.27. The molecule has 0 radical (unpaired) electrons. The van der Waals surface area contributed by atoms with E-state index in [0.29, 0.717) is 57.3 Å². The summed E-state index contributed by atoms with van der Waals surface area (Å²) in [5.41, 5.74) is 2.02. The van der Waals surface area contributed by atoms with Gasteiger partial charge in [0.2, 0.25) is 5.91 Å². The number of hydrogen-bond acceptors (Lipinski definition) is 6. The van der Waals surface area contributed by atoms with E-state index in [4.69, 9.17) is 19.2 Å². The molecule has 166 valence electrons. The molecule has 8 heteroatoms. The molecule has 0 saturated carbocycles. The Bertz CT molecular complexity index is 942. The third-order valence-corrected chi connectivity index (χ3v) is 5.55. The molecule has 2 aliphatic heterocycles. The summed E-state index contributed by atoms with van der Waals surface area (Å²) >= 11 is 0. The maximum Gasteiger partial charge on any atom is 0.254 e. The van der Waals surface area contributed by atoms with Crippen LogP contribution in [0.2, 0.25) is 0 Å². The molecule has 31 heavy (non-hydrogen) atoms. The Labute approximate surface area is 182 Å². The van der Waals surface area contributed by atoms with Crippen molar-refractivity contribution in [3.63, 3.8) is 0 Å². The molecule has 2 amide bonds. The summed E-state index contributed by atoms with van der Waals surface area (Å²) in [7, 11) is 0. The minimum atomic E-state index is -0.391. The van der Waals surface area contributed by atoms with E-state index in [9.17, 15) is 9.59 Å². The molecular formula is C23H29N3O5. The maximum atomic E-state index is 13.3. The van der Waals surface area contributed by atoms with Gasteiger partial charge in [-0.25, -0.2) is 4.98 Å². The first-order valence-corrected chi connectivity index (χ1v) is 10.8. The van der Waals surface area contributed by atoms with Crippen LogP contribution in [0.4, 0.5) is 0 Å². The van der Waals surface area contributed by atoms with E-state index in [1.54, 1.807) is 4.90 Å². The Morgan fingerprint density at radius 2 is 1.87 bits per heavy atom. The van der Waals surface area contributed by atoms with Crippen molar-refractivity contribution >= 4 is 22.7 Å². The molecule has 0 aliphatic carbocycles. The number of benzene rings is 1. The number of morpholine rings is 2. The van der Waals surface area contributed by atoms with E-state index in [0.717, 1.165) is 10.9 Å². The number of hydrogen-bond donors (Lipinski definition) is 0. The van der Waals surface area contributed by atoms with Gasteiger partial charge < -0.3 is 24.0 Å². The average Bonchev–Trinajstić information content (AvgIpc) is 2.82. The van der Waals surface area contributed by atoms with Gasteiger partial charge >= 0.3 is 0 Å². The second-order valence-corrected chi connectivity index (χ2v) is 8.08. The maximum absolute atomic E-state index is 13.3. The molecule has 4 rings (SSSR count). The Morgan fingerprint density at radius 3 is 2.65 bits per heavy atom. The van der Waals surface area contributed by atoms with Crippen LogP contribution in [-0.2, 0) is 19.0 Å². The quantitative estimate of drug-likeness (QED) is 0.726. The van der Waals surface area contributed by atoms with Gasteiger partial charge in [0.1, 0.15) is 12.7 Å². The third kappa shape index (κ3) is 5.03. The molecular weight excluding hydrogens is 398 g/mol. The normalized spacial score (nSPS) is 19.8. The first kappa shape index (κ1) is 21.7. The lowest BCUT2D eigenvalue weighted by molar-refractivity contribution is -0.145. The summed E-state index contributed by atoms with van der Waals surface area (Å²) < 4.78 is 16.8. The highest BCUT2D eigenvalue weighted by Gasteiger charge is 2.29. The molecule has 0 spiro atoms. The second-order valence-electron chi connectivity index (χ2n) is 8.08. The largest absolute Gasteiger partial charge is 0.378 e. The molecule has 1 atom stereocenters. The Kier molecular flexibility index (Phi) is 6.80. The van der Waals surface area contributed by atoms with Crippen LogP contribution in [-0.4, -0.2) is 85.3 Å². The first-order valence-electron chi connectivity index (χ1n) is 10.8. The van der Waals surface area contributed by atoms with Crippen molar-refractivity contribution in [3.8, 4) is 0 Å². The van der Waals surface area contributed by atoms with Crippen molar-refractivity contribution in [2.75, 3.05) is 52.6 Å². The molecule has 8 nitrogen and oxygen atoms in total. The summed E-state index contributed by atoms with van der Waals surface area (Å²) in [5.74, 6) is -0.0929. The van der Waals surface area contributed by atoms with Crippen molar-refractivity contribution in [2.45, 2.75) is 26.1 Å². The smallest absolute Gasteiger partial charge is 0.254 e. The Balaban J connectivity index is 1.60. The fourth-order valence-electron chi connectivity index (χ4n) is 3.86. The van der Waals surface area contributed by atoms with Crippen molar-refractivity contribution in [2.24, 2.45) is 0 Å². The number of para-hydroxylation sites is 1. The van der Waals surface area contributed by atoms with Crippen LogP contribution in [0, 0.1) is 0 Å². The fourth-order valence-corrected chi connectivity index (χ4v) is 3.86. The molecule has 0 bridgehead atoms. The second kappa shape index (κ2) is 9.72. The van der Waals surface area contributed by atoms with Crippen molar-refractivity contribution < 1.29 is 23.8 Å². The lowest BCUT2D eigenvalue weighted by atomic mass is 10.0. The van der Waals surface area contributed by atoms with Crippen LogP contribution < -0.4 is 0 Å². The van der Waals surface area contributed by atoms with Crippen LogP contribution in [0.3, 0.4) is 0 Å². The van der Waals surface area contributed by atoms with Gasteiger partial charge in [0.15, 0.2) is 0 Å². The van der Waals surface area contributed by atoms with Crippen LogP contribution in [0.25, 0.3) is 10.9 Å². The molecule has 2 saturated heterocycles. The predicted octanol–water partition coefficient (Wildman–Crippen LogP) is 2.03. The SMILES string of the molecule is CC(C)OCC(=O)N1CCOC(c2cc(C(=O)N3CCOCC3)c3ccccc3n2)C1. The molecule has 2 fully saturated rings. The number of ether oxygens (including phenoxy) is 3. The van der Waals surface area contributed by atoms with E-state index in [1.807, 2.05) is 49.1 Å². The molecule has 2 aromatic rings. The van der Waals surface area contributed by atoms with Gasteiger partial charge in [0, 0.05) is 25.0 Å². The Hall–Kier alpha value is -2.55. The van der Waals surface area contributed by atoms with Gasteiger partial charge in [-0.05, 0) is 26.0 Å². The summed E-state index contributed by atoms with van der Waals surface area (Å²) in [5, 5.41) is 0.816. The first-order chi connectivity index (χ1) is 15.0. The number of carbonyl (C=O) groups excluding carboxylic acids is 2. The van der Waals surface area contributed by atoms with Crippen molar-refractivity contribution in [1.82, 2.24) is 14.8 Å². The lowest BCUT2D eigenvalue weighted by Crippen LogP contribution is -2.44. The zero-order chi connectivity index (χ0) is 21.8. The minimum absolute atomic E-state index is 0.00306. The summed E-state index contributed by atoms with van der Waals surface area (Å²) in [6.07, 6.45) is -0.394. The molecule has 1 aromatic carbocycles. The summed E-state index contributed by atoms with van der Waals surface area (Å²) in [4.78, 5) is 34.1. The third-order valence-electron chi connectivity index (χ3n) is 5.55. The van der Waals surface area contributed by atoms with Gasteiger partial charge in [0.25, 0.3) is 5.91 Å². The van der Waals surface area contributed by atoms with Crippen molar-refractivity contribution in [1.29, 1.82) is 0 Å².